The van der Waals surface area contributed by atoms with Crippen LogP contribution in [0.1, 0.15) is 12.8 Å². The second-order valence-corrected chi connectivity index (χ2v) is 4.97. The Labute approximate surface area is 110 Å². The molecule has 1 saturated carbocycles. The number of alkyl halides is 3. The average molecular weight is 306 g/mol. The van der Waals surface area contributed by atoms with Gasteiger partial charge in [0.05, 0.1) is 10.0 Å². The van der Waals surface area contributed by atoms with E-state index < -0.39 is 11.7 Å². The van der Waals surface area contributed by atoms with Gasteiger partial charge in [-0.15, -0.1) is 0 Å². The molecule has 8 heteroatoms. The van der Waals surface area contributed by atoms with E-state index in [1.165, 1.54) is 6.07 Å². The molecule has 0 spiro atoms. The van der Waals surface area contributed by atoms with Crippen molar-refractivity contribution in [2.45, 2.75) is 24.6 Å². The van der Waals surface area contributed by atoms with Crippen LogP contribution in [0.4, 0.5) is 19.0 Å². The fourth-order valence-electron chi connectivity index (χ4n) is 1.36. The number of aromatic nitrogens is 1. The number of rotatable bonds is 2. The van der Waals surface area contributed by atoms with Crippen LogP contribution in [0, 0.1) is 0 Å². The van der Waals surface area contributed by atoms with Gasteiger partial charge in [0.2, 0.25) is 0 Å². The number of hydrogen-bond donors (Lipinski definition) is 1. The van der Waals surface area contributed by atoms with E-state index in [0.717, 1.165) is 0 Å². The first-order chi connectivity index (χ1) is 7.75. The van der Waals surface area contributed by atoms with Gasteiger partial charge in [-0.2, -0.15) is 13.2 Å². The third kappa shape index (κ3) is 2.41. The van der Waals surface area contributed by atoms with Gasteiger partial charge in [0.25, 0.3) is 0 Å². The molecule has 1 aromatic heterocycles. The second kappa shape index (κ2) is 4.07. The molecule has 1 fully saturated rings. The lowest BCUT2D eigenvalue weighted by Crippen LogP contribution is -2.39. The van der Waals surface area contributed by atoms with Crippen molar-refractivity contribution in [2.24, 2.45) is 0 Å². The normalized spacial score (nSPS) is 18.0. The van der Waals surface area contributed by atoms with Crippen molar-refractivity contribution in [3.05, 3.63) is 21.3 Å². The predicted molar refractivity (Wildman–Crippen MR) is 60.9 cm³/mol. The molecule has 1 aromatic rings. The number of hydrogen-bond acceptors (Lipinski definition) is 2. The Balaban J connectivity index is 2.29. The van der Waals surface area contributed by atoms with E-state index >= 15 is 0 Å². The summed E-state index contributed by atoms with van der Waals surface area (Å²) in [6.45, 7) is 0. The number of pyridine rings is 1. The van der Waals surface area contributed by atoms with E-state index in [1.807, 2.05) is 0 Å². The monoisotopic (exact) mass is 304 g/mol. The van der Waals surface area contributed by atoms with Crippen LogP contribution in [0.5, 0.6) is 0 Å². The van der Waals surface area contributed by atoms with Crippen LogP contribution in [0.2, 0.25) is 15.2 Å². The summed E-state index contributed by atoms with van der Waals surface area (Å²) in [5.41, 5.74) is -1.93. The zero-order chi connectivity index (χ0) is 12.8. The third-order valence-electron chi connectivity index (χ3n) is 2.54. The summed E-state index contributed by atoms with van der Waals surface area (Å²) in [7, 11) is 0. The lowest BCUT2D eigenvalue weighted by Gasteiger charge is -2.22. The second-order valence-electron chi connectivity index (χ2n) is 3.80. The Hall–Kier alpha value is -0.390. The van der Waals surface area contributed by atoms with E-state index in [1.54, 1.807) is 0 Å². The highest BCUT2D eigenvalue weighted by molar-refractivity contribution is 6.42. The standard InChI is InChI=1S/C9H6Cl3F3N2/c10-4-3-5(11)7(16-6(4)12)17-8(1-2-8)9(13,14)15/h3H,1-2H2,(H,16,17). The van der Waals surface area contributed by atoms with Gasteiger partial charge in [-0.05, 0) is 18.9 Å². The number of anilines is 1. The van der Waals surface area contributed by atoms with Crippen LogP contribution in [0.3, 0.4) is 0 Å². The summed E-state index contributed by atoms with van der Waals surface area (Å²) in [6, 6.07) is 1.26. The topological polar surface area (TPSA) is 24.9 Å². The fourth-order valence-corrected chi connectivity index (χ4v) is 1.91. The van der Waals surface area contributed by atoms with Gasteiger partial charge in [-0.3, -0.25) is 0 Å². The minimum Gasteiger partial charge on any atom is -0.355 e. The predicted octanol–water partition coefficient (Wildman–Crippen LogP) is 4.55. The molecule has 2 nitrogen and oxygen atoms in total. The molecule has 17 heavy (non-hydrogen) atoms. The van der Waals surface area contributed by atoms with Crippen LogP contribution in [-0.4, -0.2) is 16.7 Å². The smallest absolute Gasteiger partial charge is 0.355 e. The van der Waals surface area contributed by atoms with Gasteiger partial charge in [-0.25, -0.2) is 4.98 Å². The van der Waals surface area contributed by atoms with Crippen molar-refractivity contribution in [3.8, 4) is 0 Å². The summed E-state index contributed by atoms with van der Waals surface area (Å²) in [5, 5.41) is 2.31. The highest BCUT2D eigenvalue weighted by Crippen LogP contribution is 2.51. The molecular weight excluding hydrogens is 299 g/mol. The maximum atomic E-state index is 12.7. The summed E-state index contributed by atoms with van der Waals surface area (Å²) in [5.74, 6) is -0.101. The molecule has 0 unspecified atom stereocenters. The van der Waals surface area contributed by atoms with Crippen LogP contribution < -0.4 is 5.32 Å². The van der Waals surface area contributed by atoms with Gasteiger partial charge in [0, 0.05) is 0 Å². The molecule has 1 aliphatic rings. The third-order valence-corrected chi connectivity index (χ3v) is 3.50. The molecule has 2 rings (SSSR count). The first-order valence-electron chi connectivity index (χ1n) is 4.62. The van der Waals surface area contributed by atoms with Crippen LogP contribution in [0.25, 0.3) is 0 Å². The Bertz CT molecular complexity index is 458. The fraction of sp³-hybridized carbons (Fsp3) is 0.444. The summed E-state index contributed by atoms with van der Waals surface area (Å²) < 4.78 is 38.1. The quantitative estimate of drug-likeness (QED) is 0.811. The molecule has 1 N–H and O–H groups in total. The average Bonchev–Trinajstić information content (AvgIpc) is 2.94. The Kier molecular flexibility index (Phi) is 3.13. The molecule has 0 aromatic carbocycles. The molecule has 94 valence electrons. The largest absolute Gasteiger partial charge is 0.411 e. The Morgan fingerprint density at radius 3 is 2.24 bits per heavy atom. The maximum absolute atomic E-state index is 12.7. The SMILES string of the molecule is FC(F)(F)C1(Nc2nc(Cl)c(Cl)cc2Cl)CC1. The minimum absolute atomic E-state index is 0.00520. The first-order valence-corrected chi connectivity index (χ1v) is 5.75. The lowest BCUT2D eigenvalue weighted by molar-refractivity contribution is -0.151. The van der Waals surface area contributed by atoms with E-state index in [0.29, 0.717) is 0 Å². The van der Waals surface area contributed by atoms with Crippen molar-refractivity contribution >= 4 is 40.6 Å². The number of nitrogens with one attached hydrogen (secondary N) is 1. The molecule has 0 amide bonds. The molecule has 0 bridgehead atoms. The highest BCUT2D eigenvalue weighted by Gasteiger charge is 2.63. The van der Waals surface area contributed by atoms with Crippen molar-refractivity contribution in [1.29, 1.82) is 0 Å². The van der Waals surface area contributed by atoms with Crippen molar-refractivity contribution < 1.29 is 13.2 Å². The van der Waals surface area contributed by atoms with Gasteiger partial charge in [0.1, 0.15) is 16.5 Å². The van der Waals surface area contributed by atoms with E-state index in [-0.39, 0.29) is 33.9 Å². The lowest BCUT2D eigenvalue weighted by atomic mass is 10.2. The molecule has 1 aliphatic carbocycles. The minimum atomic E-state index is -4.34. The van der Waals surface area contributed by atoms with E-state index in [4.69, 9.17) is 34.8 Å². The highest BCUT2D eigenvalue weighted by atomic mass is 35.5. The summed E-state index contributed by atoms with van der Waals surface area (Å²) in [6.07, 6.45) is -4.35. The molecule has 1 heterocycles. The Morgan fingerprint density at radius 1 is 1.18 bits per heavy atom. The first kappa shape index (κ1) is 13.1. The zero-order valence-electron chi connectivity index (χ0n) is 8.21. The van der Waals surface area contributed by atoms with E-state index in [9.17, 15) is 13.2 Å². The number of halogens is 6. The van der Waals surface area contributed by atoms with Crippen LogP contribution in [-0.2, 0) is 0 Å². The van der Waals surface area contributed by atoms with Gasteiger partial charge >= 0.3 is 6.18 Å². The van der Waals surface area contributed by atoms with Crippen LogP contribution in [0.15, 0.2) is 6.07 Å². The van der Waals surface area contributed by atoms with Crippen LogP contribution >= 0.6 is 34.8 Å². The van der Waals surface area contributed by atoms with Crippen molar-refractivity contribution in [2.75, 3.05) is 5.32 Å². The van der Waals surface area contributed by atoms with Crippen molar-refractivity contribution in [3.63, 3.8) is 0 Å². The van der Waals surface area contributed by atoms with Gasteiger partial charge in [-0.1, -0.05) is 34.8 Å². The zero-order valence-corrected chi connectivity index (χ0v) is 10.5. The Morgan fingerprint density at radius 2 is 1.76 bits per heavy atom. The van der Waals surface area contributed by atoms with E-state index in [2.05, 4.69) is 10.3 Å². The van der Waals surface area contributed by atoms with Gasteiger partial charge < -0.3 is 5.32 Å². The molecule has 0 atom stereocenters. The molecule has 0 saturated heterocycles. The summed E-state index contributed by atoms with van der Waals surface area (Å²) >= 11 is 17.0. The van der Waals surface area contributed by atoms with Gasteiger partial charge in [0.15, 0.2) is 0 Å². The maximum Gasteiger partial charge on any atom is 0.411 e. The molecule has 0 radical (unpaired) electrons. The van der Waals surface area contributed by atoms with Crippen molar-refractivity contribution in [1.82, 2.24) is 4.98 Å². The molecule has 0 aliphatic heterocycles. The summed E-state index contributed by atoms with van der Waals surface area (Å²) in [4.78, 5) is 3.70. The molecular formula is C9H6Cl3F3N2. The number of nitrogens with zero attached hydrogens (tertiary/aromatic N) is 1.